The van der Waals surface area contributed by atoms with Crippen LogP contribution in [-0.2, 0) is 6.18 Å². The van der Waals surface area contributed by atoms with Gasteiger partial charge < -0.3 is 5.32 Å². The molecular formula is C11H9BrF5NO. The molecule has 1 rings (SSSR count). The third-order valence-corrected chi connectivity index (χ3v) is 2.79. The van der Waals surface area contributed by atoms with Crippen molar-refractivity contribution in [1.29, 1.82) is 0 Å². The van der Waals surface area contributed by atoms with Gasteiger partial charge in [-0.2, -0.15) is 13.2 Å². The summed E-state index contributed by atoms with van der Waals surface area (Å²) in [6.07, 6.45) is -4.61. The second-order valence-electron chi connectivity index (χ2n) is 3.95. The maximum Gasteiger partial charge on any atom is 0.416 e. The summed E-state index contributed by atoms with van der Waals surface area (Å²) in [5.74, 6) is -4.14. The van der Waals surface area contributed by atoms with Crippen molar-refractivity contribution >= 4 is 21.8 Å². The predicted molar refractivity (Wildman–Crippen MR) is 62.1 cm³/mol. The second-order valence-corrected chi connectivity index (χ2v) is 4.80. The Labute approximate surface area is 114 Å². The molecule has 0 fully saturated rings. The fourth-order valence-corrected chi connectivity index (χ4v) is 1.63. The van der Waals surface area contributed by atoms with E-state index in [0.29, 0.717) is 13.0 Å². The summed E-state index contributed by atoms with van der Waals surface area (Å²) in [5.41, 5.74) is -1.37. The number of alkyl halides is 5. The van der Waals surface area contributed by atoms with Gasteiger partial charge in [0.15, 0.2) is 0 Å². The van der Waals surface area contributed by atoms with Gasteiger partial charge in [-0.05, 0) is 34.1 Å². The van der Waals surface area contributed by atoms with Crippen LogP contribution in [-0.4, -0.2) is 18.4 Å². The smallest absolute Gasteiger partial charge is 0.346 e. The third-order valence-electron chi connectivity index (χ3n) is 2.10. The number of carbonyl (C=O) groups excluding carboxylic acids is 1. The Morgan fingerprint density at radius 3 is 2.32 bits per heavy atom. The molecule has 2 nitrogen and oxygen atoms in total. The number of hydrogen-bond acceptors (Lipinski definition) is 1. The number of amides is 1. The van der Waals surface area contributed by atoms with Crippen LogP contribution in [0.25, 0.3) is 0 Å². The highest BCUT2D eigenvalue weighted by molar-refractivity contribution is 9.10. The second kappa shape index (κ2) is 5.44. The van der Waals surface area contributed by atoms with Crippen LogP contribution < -0.4 is 5.32 Å². The maximum atomic E-state index is 12.6. The van der Waals surface area contributed by atoms with Crippen LogP contribution in [0, 0.1) is 0 Å². The van der Waals surface area contributed by atoms with E-state index in [-0.39, 0.29) is 10.0 Å². The minimum Gasteiger partial charge on any atom is -0.346 e. The first-order chi connectivity index (χ1) is 8.50. The zero-order valence-corrected chi connectivity index (χ0v) is 11.2. The number of nitrogens with one attached hydrogen (secondary N) is 1. The first-order valence-corrected chi connectivity index (χ1v) is 5.83. The van der Waals surface area contributed by atoms with Crippen LogP contribution in [0.2, 0.25) is 0 Å². The van der Waals surface area contributed by atoms with Crippen LogP contribution in [0.15, 0.2) is 22.7 Å². The monoisotopic (exact) mass is 345 g/mol. The van der Waals surface area contributed by atoms with Gasteiger partial charge in [0.1, 0.15) is 0 Å². The van der Waals surface area contributed by atoms with E-state index in [1.807, 2.05) is 5.32 Å². The Balaban J connectivity index is 2.97. The van der Waals surface area contributed by atoms with Gasteiger partial charge in [-0.1, -0.05) is 0 Å². The fourth-order valence-electron chi connectivity index (χ4n) is 1.21. The van der Waals surface area contributed by atoms with Gasteiger partial charge in [-0.3, -0.25) is 4.79 Å². The average molecular weight is 346 g/mol. The molecule has 1 amide bonds. The van der Waals surface area contributed by atoms with Gasteiger partial charge >= 0.3 is 6.18 Å². The van der Waals surface area contributed by atoms with Crippen LogP contribution in [0.3, 0.4) is 0 Å². The van der Waals surface area contributed by atoms with Gasteiger partial charge in [0.2, 0.25) is 0 Å². The maximum absolute atomic E-state index is 12.6. The molecular weight excluding hydrogens is 337 g/mol. The standard InChI is InChI=1S/C11H9BrF5NO/c1-10(13,14)5-18-9(19)7-4-6(11(15,16)17)2-3-8(7)12/h2-4H,5H2,1H3,(H,18,19). The van der Waals surface area contributed by atoms with E-state index in [2.05, 4.69) is 15.9 Å². The Kier molecular flexibility index (Phi) is 4.54. The van der Waals surface area contributed by atoms with Gasteiger partial charge in [-0.25, -0.2) is 8.78 Å². The van der Waals surface area contributed by atoms with E-state index in [1.54, 1.807) is 0 Å². The van der Waals surface area contributed by atoms with Crippen LogP contribution in [0.1, 0.15) is 22.8 Å². The molecule has 0 unspecified atom stereocenters. The Morgan fingerprint density at radius 2 is 1.84 bits per heavy atom. The van der Waals surface area contributed by atoms with Crippen molar-refractivity contribution in [1.82, 2.24) is 5.32 Å². The molecule has 0 heterocycles. The van der Waals surface area contributed by atoms with Crippen molar-refractivity contribution in [3.05, 3.63) is 33.8 Å². The average Bonchev–Trinajstić information content (AvgIpc) is 2.24. The first-order valence-electron chi connectivity index (χ1n) is 5.03. The molecule has 19 heavy (non-hydrogen) atoms. The molecule has 0 bridgehead atoms. The number of carbonyl (C=O) groups is 1. The van der Waals surface area contributed by atoms with Crippen molar-refractivity contribution in [2.45, 2.75) is 19.0 Å². The summed E-state index contributed by atoms with van der Waals surface area (Å²) < 4.78 is 62.6. The molecule has 0 aromatic heterocycles. The van der Waals surface area contributed by atoms with Gasteiger partial charge in [-0.15, -0.1) is 0 Å². The zero-order chi connectivity index (χ0) is 14.8. The molecule has 0 saturated carbocycles. The molecule has 0 aliphatic rings. The molecule has 106 valence electrons. The lowest BCUT2D eigenvalue weighted by molar-refractivity contribution is -0.137. The predicted octanol–water partition coefficient (Wildman–Crippen LogP) is 3.85. The van der Waals surface area contributed by atoms with Crippen LogP contribution >= 0.6 is 15.9 Å². The lowest BCUT2D eigenvalue weighted by Crippen LogP contribution is -2.34. The van der Waals surface area contributed by atoms with Crippen molar-refractivity contribution in [3.8, 4) is 0 Å². The van der Waals surface area contributed by atoms with Gasteiger partial charge in [0.25, 0.3) is 11.8 Å². The zero-order valence-electron chi connectivity index (χ0n) is 9.62. The normalized spacial score (nSPS) is 12.4. The van der Waals surface area contributed by atoms with Crippen molar-refractivity contribution < 1.29 is 26.7 Å². The van der Waals surface area contributed by atoms with E-state index >= 15 is 0 Å². The third kappa shape index (κ3) is 4.77. The van der Waals surface area contributed by atoms with E-state index < -0.39 is 30.1 Å². The lowest BCUT2D eigenvalue weighted by Gasteiger charge is -2.13. The number of halogens is 6. The number of hydrogen-bond donors (Lipinski definition) is 1. The molecule has 1 N–H and O–H groups in total. The molecule has 8 heteroatoms. The molecule has 0 spiro atoms. The highest BCUT2D eigenvalue weighted by Crippen LogP contribution is 2.31. The van der Waals surface area contributed by atoms with Crippen molar-refractivity contribution in [2.24, 2.45) is 0 Å². The highest BCUT2D eigenvalue weighted by Gasteiger charge is 2.32. The summed E-state index contributed by atoms with van der Waals surface area (Å²) >= 11 is 2.90. The van der Waals surface area contributed by atoms with Gasteiger partial charge in [0.05, 0.1) is 17.7 Å². The number of benzene rings is 1. The van der Waals surface area contributed by atoms with Crippen LogP contribution in [0.4, 0.5) is 22.0 Å². The Morgan fingerprint density at radius 1 is 1.26 bits per heavy atom. The van der Waals surface area contributed by atoms with Crippen molar-refractivity contribution in [2.75, 3.05) is 6.54 Å². The largest absolute Gasteiger partial charge is 0.416 e. The molecule has 1 aromatic carbocycles. The molecule has 1 aromatic rings. The van der Waals surface area contributed by atoms with Gasteiger partial charge in [0, 0.05) is 11.4 Å². The molecule has 0 saturated heterocycles. The van der Waals surface area contributed by atoms with E-state index in [1.165, 1.54) is 0 Å². The lowest BCUT2D eigenvalue weighted by atomic mass is 10.1. The molecule has 0 aliphatic heterocycles. The number of rotatable bonds is 3. The fraction of sp³-hybridized carbons (Fsp3) is 0.364. The van der Waals surface area contributed by atoms with E-state index in [4.69, 9.17) is 0 Å². The summed E-state index contributed by atoms with van der Waals surface area (Å²) in [7, 11) is 0. The topological polar surface area (TPSA) is 29.1 Å². The Hall–Kier alpha value is -1.18. The highest BCUT2D eigenvalue weighted by atomic mass is 79.9. The molecule has 0 radical (unpaired) electrons. The summed E-state index contributed by atoms with van der Waals surface area (Å²) in [4.78, 5) is 11.5. The first kappa shape index (κ1) is 15.9. The quantitative estimate of drug-likeness (QED) is 0.828. The SMILES string of the molecule is CC(F)(F)CNC(=O)c1cc(C(F)(F)F)ccc1Br. The Bertz CT molecular complexity index is 481. The summed E-state index contributed by atoms with van der Waals surface area (Å²) in [5, 5.41) is 1.87. The minimum atomic E-state index is -4.61. The molecule has 0 aliphatic carbocycles. The summed E-state index contributed by atoms with van der Waals surface area (Å²) in [6.45, 7) is -0.358. The van der Waals surface area contributed by atoms with E-state index in [0.717, 1.165) is 12.1 Å². The molecule has 0 atom stereocenters. The van der Waals surface area contributed by atoms with Crippen LogP contribution in [0.5, 0.6) is 0 Å². The minimum absolute atomic E-state index is 0.0948. The summed E-state index contributed by atoms with van der Waals surface area (Å²) in [6, 6.07) is 2.43. The van der Waals surface area contributed by atoms with E-state index in [9.17, 15) is 26.7 Å². The van der Waals surface area contributed by atoms with Crippen molar-refractivity contribution in [3.63, 3.8) is 0 Å².